The van der Waals surface area contributed by atoms with Gasteiger partial charge in [-0.15, -0.1) is 5.10 Å². The second kappa shape index (κ2) is 9.75. The van der Waals surface area contributed by atoms with Crippen LogP contribution < -0.4 is 15.4 Å². The summed E-state index contributed by atoms with van der Waals surface area (Å²) in [6.07, 6.45) is -5.88. The summed E-state index contributed by atoms with van der Waals surface area (Å²) in [5, 5.41) is 8.49. The lowest BCUT2D eigenvalue weighted by Gasteiger charge is -2.19. The molecule has 1 atom stereocenters. The molecule has 0 bridgehead atoms. The van der Waals surface area contributed by atoms with Crippen molar-refractivity contribution in [3.05, 3.63) is 52.3 Å². The van der Waals surface area contributed by atoms with E-state index >= 15 is 0 Å². The molecule has 0 spiro atoms. The number of anilines is 1. The lowest BCUT2D eigenvalue weighted by atomic mass is 10.3. The first-order valence-electron chi connectivity index (χ1n) is 9.10. The Morgan fingerprint density at radius 2 is 1.85 bits per heavy atom. The third kappa shape index (κ3) is 5.79. The molecule has 0 saturated carbocycles. The topological polar surface area (TPSA) is 107 Å². The predicted molar refractivity (Wildman–Crippen MR) is 110 cm³/mol. The van der Waals surface area contributed by atoms with Crippen molar-refractivity contribution in [3.8, 4) is 11.7 Å². The van der Waals surface area contributed by atoms with Crippen LogP contribution in [0.1, 0.15) is 24.6 Å². The van der Waals surface area contributed by atoms with Crippen molar-refractivity contribution in [2.24, 2.45) is 0 Å². The maximum Gasteiger partial charge on any atom is 0.461 e. The van der Waals surface area contributed by atoms with Gasteiger partial charge in [0.2, 0.25) is 0 Å². The average Bonchev–Trinajstić information content (AvgIpc) is 3.14. The second-order valence-corrected chi connectivity index (χ2v) is 7.34. The summed E-state index contributed by atoms with van der Waals surface area (Å²) in [5.41, 5.74) is -0.213. The number of hydrogen-bond donors (Lipinski definition) is 2. The van der Waals surface area contributed by atoms with Gasteiger partial charge in [0, 0.05) is 18.5 Å². The zero-order valence-corrected chi connectivity index (χ0v) is 18.4. The van der Waals surface area contributed by atoms with Crippen LogP contribution >= 0.6 is 23.2 Å². The van der Waals surface area contributed by atoms with Crippen molar-refractivity contribution in [3.63, 3.8) is 0 Å². The van der Waals surface area contributed by atoms with Gasteiger partial charge in [0.25, 0.3) is 5.95 Å². The maximum absolute atomic E-state index is 13.3. The summed E-state index contributed by atoms with van der Waals surface area (Å²) >= 11 is 11.7. The number of nitrogens with one attached hydrogen (secondary N) is 2. The molecular weight excluding hydrogens is 493 g/mol. The molecule has 15 heteroatoms. The van der Waals surface area contributed by atoms with Gasteiger partial charge in [0.05, 0.1) is 21.8 Å². The Kier molecular flexibility index (Phi) is 7.22. The van der Waals surface area contributed by atoms with Gasteiger partial charge < -0.3 is 15.4 Å². The fraction of sp³-hybridized carbons (Fsp3) is 0.278. The molecule has 0 aliphatic carbocycles. The quantitative estimate of drug-likeness (QED) is 0.445. The lowest BCUT2D eigenvalue weighted by Crippen LogP contribution is -2.34. The van der Waals surface area contributed by atoms with E-state index in [1.54, 1.807) is 19.9 Å². The number of hydrogen-bond acceptors (Lipinski definition) is 6. The molecule has 1 aromatic carbocycles. The Labute approximate surface area is 194 Å². The molecule has 2 amide bonds. The molecule has 33 heavy (non-hydrogen) atoms. The number of carbonyl (C=O) groups is 1. The molecule has 0 radical (unpaired) electrons. The van der Waals surface area contributed by atoms with E-state index in [-0.39, 0.29) is 16.7 Å². The van der Waals surface area contributed by atoms with Crippen LogP contribution in [0.5, 0.6) is 5.75 Å². The van der Waals surface area contributed by atoms with E-state index in [2.05, 4.69) is 35.4 Å². The van der Waals surface area contributed by atoms with E-state index in [9.17, 15) is 22.4 Å². The number of carbonyl (C=O) groups excluding carboxylic acids is 1. The van der Waals surface area contributed by atoms with E-state index in [0.717, 1.165) is 12.1 Å². The molecular formula is C18H15Cl2F4N7O2. The maximum atomic E-state index is 13.3. The largest absolute Gasteiger partial charge is 0.461 e. The first kappa shape index (κ1) is 24.5. The summed E-state index contributed by atoms with van der Waals surface area (Å²) in [6, 6.07) is 1.84. The van der Waals surface area contributed by atoms with Crippen molar-refractivity contribution < 1.29 is 27.1 Å². The molecule has 0 saturated heterocycles. The summed E-state index contributed by atoms with van der Waals surface area (Å²) in [7, 11) is 0. The molecule has 3 aromatic rings. The molecule has 2 N–H and O–H groups in total. The van der Waals surface area contributed by atoms with Crippen LogP contribution in [-0.4, -0.2) is 43.3 Å². The smallest absolute Gasteiger partial charge is 0.427 e. The highest BCUT2D eigenvalue weighted by Gasteiger charge is 2.44. The van der Waals surface area contributed by atoms with Crippen LogP contribution in [0.4, 0.5) is 28.0 Å². The predicted octanol–water partition coefficient (Wildman–Crippen LogP) is 4.79. The Morgan fingerprint density at radius 3 is 2.48 bits per heavy atom. The van der Waals surface area contributed by atoms with E-state index in [1.807, 2.05) is 0 Å². The Bertz CT molecular complexity index is 1150. The van der Waals surface area contributed by atoms with Crippen molar-refractivity contribution in [2.45, 2.75) is 32.4 Å². The molecule has 2 heterocycles. The summed E-state index contributed by atoms with van der Waals surface area (Å²) < 4.78 is 56.7. The highest BCUT2D eigenvalue weighted by molar-refractivity contribution is 6.37. The first-order valence-corrected chi connectivity index (χ1v) is 9.86. The van der Waals surface area contributed by atoms with Gasteiger partial charge in [0.1, 0.15) is 11.6 Å². The number of alkyl halides is 4. The normalized spacial score (nSPS) is 12.5. The van der Waals surface area contributed by atoms with Crippen molar-refractivity contribution in [1.82, 2.24) is 30.0 Å². The number of urea groups is 1. The minimum absolute atomic E-state index is 0.146. The van der Waals surface area contributed by atoms with E-state index in [1.165, 1.54) is 17.1 Å². The van der Waals surface area contributed by atoms with Crippen LogP contribution in [0.15, 0.2) is 30.6 Å². The van der Waals surface area contributed by atoms with Crippen molar-refractivity contribution in [2.75, 3.05) is 5.32 Å². The Balaban J connectivity index is 1.77. The van der Waals surface area contributed by atoms with Crippen LogP contribution in [-0.2, 0) is 0 Å². The fourth-order valence-electron chi connectivity index (χ4n) is 2.57. The van der Waals surface area contributed by atoms with Crippen LogP contribution in [0, 0.1) is 6.92 Å². The number of aromatic nitrogens is 5. The summed E-state index contributed by atoms with van der Waals surface area (Å²) in [5.74, 6) is 0.126. The minimum atomic E-state index is -4.80. The SMILES string of the molecule is Cc1nc([C@H](C)NC(=O)Nc2cc(OC(F)(F)C(F)F)c(Cl)cc2Cl)n(-c2ncccn2)n1. The monoisotopic (exact) mass is 507 g/mol. The molecule has 0 aliphatic heterocycles. The number of ether oxygens (including phenoxy) is 1. The highest BCUT2D eigenvalue weighted by Crippen LogP contribution is 2.38. The highest BCUT2D eigenvalue weighted by atomic mass is 35.5. The second-order valence-electron chi connectivity index (χ2n) is 6.52. The standard InChI is InChI=1S/C18H15Cl2F4N7O2/c1-8(14-28-9(2)30-31(14)16-25-4-3-5-26-16)27-17(32)29-12-7-13(11(20)6-10(12)19)33-18(23,24)15(21)22/h3-8,15H,1-2H3,(H2,27,29,32)/t8-/m0/s1. The zero-order chi connectivity index (χ0) is 24.3. The number of amides is 2. The van der Waals surface area contributed by atoms with Gasteiger partial charge in [-0.25, -0.2) is 19.7 Å². The van der Waals surface area contributed by atoms with Gasteiger partial charge in [0.15, 0.2) is 5.82 Å². The van der Waals surface area contributed by atoms with Crippen LogP contribution in [0.3, 0.4) is 0 Å². The van der Waals surface area contributed by atoms with E-state index < -0.39 is 35.4 Å². The number of benzene rings is 1. The Morgan fingerprint density at radius 1 is 1.18 bits per heavy atom. The number of aryl methyl sites for hydroxylation is 1. The number of nitrogens with zero attached hydrogens (tertiary/aromatic N) is 5. The summed E-state index contributed by atoms with van der Waals surface area (Å²) in [4.78, 5) is 24.9. The van der Waals surface area contributed by atoms with Gasteiger partial charge in [-0.1, -0.05) is 23.2 Å². The molecule has 176 valence electrons. The third-order valence-corrected chi connectivity index (χ3v) is 4.59. The van der Waals surface area contributed by atoms with Gasteiger partial charge in [-0.3, -0.25) is 0 Å². The Hall–Kier alpha value is -3.19. The molecule has 9 nitrogen and oxygen atoms in total. The van der Waals surface area contributed by atoms with Gasteiger partial charge >= 0.3 is 18.6 Å². The van der Waals surface area contributed by atoms with Crippen LogP contribution in [0.2, 0.25) is 10.0 Å². The fourth-order valence-corrected chi connectivity index (χ4v) is 3.04. The number of halogens is 6. The molecule has 2 aromatic heterocycles. The van der Waals surface area contributed by atoms with Gasteiger partial charge in [-0.05, 0) is 26.0 Å². The third-order valence-electron chi connectivity index (χ3n) is 3.98. The molecule has 0 aliphatic rings. The van der Waals surface area contributed by atoms with Crippen LogP contribution in [0.25, 0.3) is 5.95 Å². The summed E-state index contributed by atoms with van der Waals surface area (Å²) in [6.45, 7) is 3.24. The number of rotatable bonds is 7. The van der Waals surface area contributed by atoms with E-state index in [0.29, 0.717) is 11.6 Å². The first-order chi connectivity index (χ1) is 15.5. The van der Waals surface area contributed by atoms with Crippen molar-refractivity contribution >= 4 is 34.9 Å². The molecule has 3 rings (SSSR count). The zero-order valence-electron chi connectivity index (χ0n) is 16.9. The van der Waals surface area contributed by atoms with E-state index in [4.69, 9.17) is 23.2 Å². The van der Waals surface area contributed by atoms with Crippen molar-refractivity contribution in [1.29, 1.82) is 0 Å². The lowest BCUT2D eigenvalue weighted by molar-refractivity contribution is -0.253. The molecule has 0 unspecified atom stereocenters. The average molecular weight is 508 g/mol. The van der Waals surface area contributed by atoms with Gasteiger partial charge in [-0.2, -0.15) is 22.2 Å². The minimum Gasteiger partial charge on any atom is -0.427 e. The molecule has 0 fully saturated rings.